The van der Waals surface area contributed by atoms with Gasteiger partial charge in [0, 0.05) is 0 Å². The Bertz CT molecular complexity index is 112. The molecule has 2 atom stereocenters. The van der Waals surface area contributed by atoms with E-state index in [9.17, 15) is 0 Å². The van der Waals surface area contributed by atoms with Gasteiger partial charge in [-0.05, 0) is 39.5 Å². The second-order valence-corrected chi connectivity index (χ2v) is 4.32. The topological polar surface area (TPSA) is 9.23 Å². The number of ether oxygens (including phenoxy) is 1. The molecular weight excluding hydrogens is 124 g/mol. The van der Waals surface area contributed by atoms with Gasteiger partial charge in [-0.15, -0.1) is 0 Å². The van der Waals surface area contributed by atoms with Crippen molar-refractivity contribution in [3.05, 3.63) is 0 Å². The van der Waals surface area contributed by atoms with Gasteiger partial charge in [0.25, 0.3) is 0 Å². The van der Waals surface area contributed by atoms with Crippen molar-refractivity contribution < 1.29 is 4.74 Å². The average molecular weight is 142 g/mol. The standard InChI is InChI=1S/C9H18O/c1-7-5-6-8(7)10-9(2,3)4/h7-8H,5-6H2,1-4H3. The Kier molecular flexibility index (Phi) is 2.04. The monoisotopic (exact) mass is 142 g/mol. The van der Waals surface area contributed by atoms with Crippen molar-refractivity contribution in [3.63, 3.8) is 0 Å². The lowest BCUT2D eigenvalue weighted by molar-refractivity contribution is -0.119. The zero-order valence-electron chi connectivity index (χ0n) is 7.48. The number of rotatable bonds is 1. The van der Waals surface area contributed by atoms with Crippen molar-refractivity contribution in [1.82, 2.24) is 0 Å². The molecule has 1 rings (SSSR count). The van der Waals surface area contributed by atoms with Crippen LogP contribution in [-0.4, -0.2) is 11.7 Å². The molecule has 0 heterocycles. The highest BCUT2D eigenvalue weighted by molar-refractivity contribution is 4.80. The summed E-state index contributed by atoms with van der Waals surface area (Å²) in [5, 5.41) is 0. The van der Waals surface area contributed by atoms with E-state index in [1.54, 1.807) is 0 Å². The van der Waals surface area contributed by atoms with Crippen LogP contribution >= 0.6 is 0 Å². The van der Waals surface area contributed by atoms with Crippen LogP contribution in [0.2, 0.25) is 0 Å². The second-order valence-electron chi connectivity index (χ2n) is 4.32. The quantitative estimate of drug-likeness (QED) is 0.547. The maximum Gasteiger partial charge on any atom is 0.0607 e. The molecule has 2 unspecified atom stereocenters. The molecule has 0 spiro atoms. The highest BCUT2D eigenvalue weighted by atomic mass is 16.5. The summed E-state index contributed by atoms with van der Waals surface area (Å²) < 4.78 is 5.79. The minimum atomic E-state index is 0.0549. The maximum atomic E-state index is 5.79. The molecule has 0 bridgehead atoms. The van der Waals surface area contributed by atoms with Crippen LogP contribution in [0.15, 0.2) is 0 Å². The molecule has 0 aromatic heterocycles. The Balaban J connectivity index is 2.26. The fraction of sp³-hybridized carbons (Fsp3) is 1.00. The summed E-state index contributed by atoms with van der Waals surface area (Å²) in [4.78, 5) is 0. The van der Waals surface area contributed by atoms with Gasteiger partial charge in [0.15, 0.2) is 0 Å². The minimum absolute atomic E-state index is 0.0549. The average Bonchev–Trinajstić information content (AvgIpc) is 1.78. The lowest BCUT2D eigenvalue weighted by Gasteiger charge is -2.38. The molecule has 1 aliphatic rings. The van der Waals surface area contributed by atoms with Crippen LogP contribution in [-0.2, 0) is 4.74 Å². The molecule has 0 aromatic rings. The number of hydrogen-bond acceptors (Lipinski definition) is 1. The Labute approximate surface area is 63.8 Å². The van der Waals surface area contributed by atoms with E-state index in [0.29, 0.717) is 6.10 Å². The smallest absolute Gasteiger partial charge is 0.0607 e. The maximum absolute atomic E-state index is 5.79. The highest BCUT2D eigenvalue weighted by Crippen LogP contribution is 2.32. The van der Waals surface area contributed by atoms with Crippen molar-refractivity contribution in [2.24, 2.45) is 5.92 Å². The van der Waals surface area contributed by atoms with E-state index in [0.717, 1.165) is 5.92 Å². The summed E-state index contributed by atoms with van der Waals surface area (Å²) in [7, 11) is 0. The molecule has 60 valence electrons. The molecule has 1 saturated carbocycles. The number of hydrogen-bond donors (Lipinski definition) is 0. The molecule has 0 aromatic carbocycles. The van der Waals surface area contributed by atoms with Crippen molar-refractivity contribution in [1.29, 1.82) is 0 Å². The fourth-order valence-corrected chi connectivity index (χ4v) is 1.27. The third-order valence-electron chi connectivity index (χ3n) is 2.05. The zero-order chi connectivity index (χ0) is 7.78. The first-order valence-electron chi connectivity index (χ1n) is 4.17. The predicted molar refractivity (Wildman–Crippen MR) is 43.0 cm³/mol. The Morgan fingerprint density at radius 1 is 1.20 bits per heavy atom. The van der Waals surface area contributed by atoms with Gasteiger partial charge < -0.3 is 4.74 Å². The molecule has 1 heteroatoms. The van der Waals surface area contributed by atoms with Gasteiger partial charge >= 0.3 is 0 Å². The first kappa shape index (κ1) is 8.06. The van der Waals surface area contributed by atoms with Crippen LogP contribution in [0.1, 0.15) is 40.5 Å². The van der Waals surface area contributed by atoms with Gasteiger partial charge in [-0.3, -0.25) is 0 Å². The normalized spacial score (nSPS) is 33.6. The summed E-state index contributed by atoms with van der Waals surface area (Å²) >= 11 is 0. The van der Waals surface area contributed by atoms with E-state index in [4.69, 9.17) is 4.74 Å². The summed E-state index contributed by atoms with van der Waals surface area (Å²) in [5.74, 6) is 0.791. The largest absolute Gasteiger partial charge is 0.372 e. The molecule has 0 N–H and O–H groups in total. The lowest BCUT2D eigenvalue weighted by Crippen LogP contribution is -2.38. The van der Waals surface area contributed by atoms with E-state index in [2.05, 4.69) is 27.7 Å². The van der Waals surface area contributed by atoms with Crippen molar-refractivity contribution in [2.45, 2.75) is 52.2 Å². The van der Waals surface area contributed by atoms with Crippen LogP contribution in [0, 0.1) is 5.92 Å². The molecule has 1 fully saturated rings. The Hall–Kier alpha value is -0.0400. The first-order chi connectivity index (χ1) is 4.49. The van der Waals surface area contributed by atoms with Crippen molar-refractivity contribution in [2.75, 3.05) is 0 Å². The van der Waals surface area contributed by atoms with Crippen molar-refractivity contribution in [3.8, 4) is 0 Å². The van der Waals surface area contributed by atoms with Gasteiger partial charge in [0.1, 0.15) is 0 Å². The van der Waals surface area contributed by atoms with E-state index in [1.807, 2.05) is 0 Å². The minimum Gasteiger partial charge on any atom is -0.372 e. The Morgan fingerprint density at radius 3 is 1.90 bits per heavy atom. The van der Waals surface area contributed by atoms with E-state index in [1.165, 1.54) is 12.8 Å². The molecule has 1 aliphatic carbocycles. The van der Waals surface area contributed by atoms with Crippen LogP contribution in [0.3, 0.4) is 0 Å². The van der Waals surface area contributed by atoms with Crippen molar-refractivity contribution >= 4 is 0 Å². The van der Waals surface area contributed by atoms with E-state index in [-0.39, 0.29) is 5.60 Å². The van der Waals surface area contributed by atoms with E-state index < -0.39 is 0 Å². The molecule has 0 amide bonds. The zero-order valence-corrected chi connectivity index (χ0v) is 7.48. The van der Waals surface area contributed by atoms with Crippen LogP contribution in [0.25, 0.3) is 0 Å². The van der Waals surface area contributed by atoms with Gasteiger partial charge in [-0.2, -0.15) is 0 Å². The third kappa shape index (κ3) is 1.98. The molecule has 10 heavy (non-hydrogen) atoms. The lowest BCUT2D eigenvalue weighted by atomic mass is 9.83. The fourth-order valence-electron chi connectivity index (χ4n) is 1.27. The second kappa shape index (κ2) is 2.54. The molecule has 0 radical (unpaired) electrons. The molecule has 1 nitrogen and oxygen atoms in total. The summed E-state index contributed by atoms with van der Waals surface area (Å²) in [6, 6.07) is 0. The van der Waals surface area contributed by atoms with Gasteiger partial charge in [0.05, 0.1) is 11.7 Å². The van der Waals surface area contributed by atoms with Crippen LogP contribution in [0.4, 0.5) is 0 Å². The first-order valence-corrected chi connectivity index (χ1v) is 4.17. The van der Waals surface area contributed by atoms with Gasteiger partial charge in [-0.25, -0.2) is 0 Å². The summed E-state index contributed by atoms with van der Waals surface area (Å²) in [6.07, 6.45) is 3.15. The molecule has 0 aliphatic heterocycles. The SMILES string of the molecule is CC1CCC1OC(C)(C)C. The van der Waals surface area contributed by atoms with Gasteiger partial charge in [0.2, 0.25) is 0 Å². The predicted octanol–water partition coefficient (Wildman–Crippen LogP) is 2.60. The molecule has 0 saturated heterocycles. The Morgan fingerprint density at radius 2 is 1.80 bits per heavy atom. The van der Waals surface area contributed by atoms with Gasteiger partial charge in [-0.1, -0.05) is 6.92 Å². The summed E-state index contributed by atoms with van der Waals surface area (Å²) in [5.41, 5.74) is 0.0549. The molecular formula is C9H18O. The van der Waals surface area contributed by atoms with E-state index >= 15 is 0 Å². The van der Waals surface area contributed by atoms with Crippen LogP contribution < -0.4 is 0 Å². The third-order valence-corrected chi connectivity index (χ3v) is 2.05. The highest BCUT2D eigenvalue weighted by Gasteiger charge is 2.30. The summed E-state index contributed by atoms with van der Waals surface area (Å²) in [6.45, 7) is 8.63. The van der Waals surface area contributed by atoms with Crippen LogP contribution in [0.5, 0.6) is 0 Å².